The number of hydrogen-bond donors (Lipinski definition) is 0. The molecule has 1 atom stereocenters. The normalized spacial score (nSPS) is 10.6. The first-order chi connectivity index (χ1) is 3.66. The van der Waals surface area contributed by atoms with Crippen LogP contribution in [0.5, 0.6) is 0 Å². The maximum Gasteiger partial charge on any atom is 0.0669 e. The van der Waals surface area contributed by atoms with E-state index in [-0.39, 0.29) is 22.3 Å². The van der Waals surface area contributed by atoms with Gasteiger partial charge in [0.05, 0.1) is 6.10 Å². The van der Waals surface area contributed by atoms with E-state index >= 15 is 0 Å². The fraction of sp³-hybridized carbons (Fsp3) is 1.00. The van der Waals surface area contributed by atoms with Gasteiger partial charge in [0.25, 0.3) is 0 Å². The minimum atomic E-state index is 0. The van der Waals surface area contributed by atoms with Crippen molar-refractivity contribution in [2.45, 2.75) is 35.3 Å². The largest absolute Gasteiger partial charge is 0.380 e. The van der Waals surface area contributed by atoms with Crippen LogP contribution in [0.2, 0.25) is 0 Å². The fourth-order valence-corrected chi connectivity index (χ4v) is 0.589. The molecule has 0 aliphatic carbocycles. The van der Waals surface area contributed by atoms with Crippen LogP contribution in [0.15, 0.2) is 0 Å². The number of likely N-dealkylation sites (N-methyl/N-ethyl adjacent to an activating group) is 1. The van der Waals surface area contributed by atoms with E-state index in [0.717, 1.165) is 6.54 Å². The highest BCUT2D eigenvalue weighted by molar-refractivity contribution is 4.50. The molecule has 0 saturated carbocycles. The van der Waals surface area contributed by atoms with Crippen LogP contribution in [0, 0.1) is 0 Å². The molecule has 74 valence electrons. The number of ether oxygens (including phenoxy) is 1. The Balaban J connectivity index is -0.0000000817. The summed E-state index contributed by atoms with van der Waals surface area (Å²) in [5.74, 6) is 0. The molecule has 0 spiro atoms. The van der Waals surface area contributed by atoms with E-state index in [2.05, 4.69) is 11.8 Å². The van der Waals surface area contributed by atoms with Crippen molar-refractivity contribution in [1.82, 2.24) is 4.90 Å². The van der Waals surface area contributed by atoms with E-state index in [9.17, 15) is 0 Å². The Morgan fingerprint density at radius 2 is 1.55 bits per heavy atom. The second kappa shape index (κ2) is 12.6. The third kappa shape index (κ3) is 17.8. The number of hydrogen-bond acceptors (Lipinski definition) is 2. The maximum absolute atomic E-state index is 5.02. The van der Waals surface area contributed by atoms with Crippen LogP contribution in [0.1, 0.15) is 29.2 Å². The highest BCUT2D eigenvalue weighted by atomic mass is 16.5. The van der Waals surface area contributed by atoms with Gasteiger partial charge in [0, 0.05) is 13.7 Å². The molecule has 0 bridgehead atoms. The van der Waals surface area contributed by atoms with Gasteiger partial charge in [0.1, 0.15) is 0 Å². The Labute approximate surface area is 73.5 Å². The maximum atomic E-state index is 5.02. The smallest absolute Gasteiger partial charge is 0.0669 e. The minimum Gasteiger partial charge on any atom is -0.380 e. The van der Waals surface area contributed by atoms with Crippen molar-refractivity contribution in [1.29, 1.82) is 0 Å². The zero-order chi connectivity index (χ0) is 6.57. The average Bonchev–Trinajstić information content (AvgIpc) is 1.65. The quantitative estimate of drug-likeness (QED) is 0.637. The molecule has 0 aliphatic rings. The third-order valence-corrected chi connectivity index (χ3v) is 1.02. The van der Waals surface area contributed by atoms with E-state index in [0.29, 0.717) is 6.10 Å². The van der Waals surface area contributed by atoms with Crippen LogP contribution in [0.25, 0.3) is 0 Å². The number of nitrogens with zero attached hydrogens (tertiary/aromatic N) is 1. The van der Waals surface area contributed by atoms with Gasteiger partial charge in [0.15, 0.2) is 0 Å². The molecule has 0 aromatic heterocycles. The molecule has 0 aromatic carbocycles. The Morgan fingerprint density at radius 1 is 1.18 bits per heavy atom. The predicted molar refractivity (Wildman–Crippen MR) is 55.2 cm³/mol. The van der Waals surface area contributed by atoms with Crippen LogP contribution in [-0.2, 0) is 4.74 Å². The molecule has 0 radical (unpaired) electrons. The molecular formula is C9H27NO. The molecule has 0 rings (SSSR count). The summed E-state index contributed by atoms with van der Waals surface area (Å²) >= 11 is 0. The summed E-state index contributed by atoms with van der Waals surface area (Å²) in [6, 6.07) is 0. The molecule has 0 saturated heterocycles. The highest BCUT2D eigenvalue weighted by Crippen LogP contribution is 1.87. The summed E-state index contributed by atoms with van der Waals surface area (Å²) in [5.41, 5.74) is 0. The Morgan fingerprint density at radius 3 is 1.64 bits per heavy atom. The van der Waals surface area contributed by atoms with Crippen molar-refractivity contribution in [2.75, 3.05) is 27.7 Å². The molecular weight excluding hydrogens is 138 g/mol. The summed E-state index contributed by atoms with van der Waals surface area (Å²) in [4.78, 5) is 2.11. The van der Waals surface area contributed by atoms with Gasteiger partial charge in [0.2, 0.25) is 0 Å². The first-order valence-corrected chi connectivity index (χ1v) is 2.84. The van der Waals surface area contributed by atoms with Gasteiger partial charge < -0.3 is 9.64 Å². The standard InChI is InChI=1S/C6H15NO.3CH4/c1-6(8-4)5-7(2)3;;;/h6H,5H2,1-4H3;3*1H4. The van der Waals surface area contributed by atoms with Crippen molar-refractivity contribution in [3.63, 3.8) is 0 Å². The second-order valence-electron chi connectivity index (χ2n) is 2.31. The second-order valence-corrected chi connectivity index (χ2v) is 2.31. The van der Waals surface area contributed by atoms with Gasteiger partial charge in [-0.05, 0) is 21.0 Å². The Hall–Kier alpha value is -0.0800. The van der Waals surface area contributed by atoms with Gasteiger partial charge in [-0.1, -0.05) is 22.3 Å². The zero-order valence-corrected chi connectivity index (χ0v) is 6.14. The van der Waals surface area contributed by atoms with Crippen LogP contribution in [0.4, 0.5) is 0 Å². The van der Waals surface area contributed by atoms with Gasteiger partial charge >= 0.3 is 0 Å². The third-order valence-electron chi connectivity index (χ3n) is 1.02. The Kier molecular flexibility index (Phi) is 25.7. The van der Waals surface area contributed by atoms with E-state index in [1.165, 1.54) is 0 Å². The first kappa shape index (κ1) is 22.4. The molecule has 0 N–H and O–H groups in total. The van der Waals surface area contributed by atoms with Crippen molar-refractivity contribution in [2.24, 2.45) is 0 Å². The lowest BCUT2D eigenvalue weighted by molar-refractivity contribution is 0.0929. The van der Waals surface area contributed by atoms with Crippen LogP contribution in [0.3, 0.4) is 0 Å². The van der Waals surface area contributed by atoms with Crippen LogP contribution < -0.4 is 0 Å². The Bertz CT molecular complexity index is 55.5. The minimum absolute atomic E-state index is 0. The summed E-state index contributed by atoms with van der Waals surface area (Å²) in [6.07, 6.45) is 0.352. The summed E-state index contributed by atoms with van der Waals surface area (Å²) in [6.45, 7) is 3.05. The van der Waals surface area contributed by atoms with Gasteiger partial charge in [-0.2, -0.15) is 0 Å². The van der Waals surface area contributed by atoms with Crippen molar-refractivity contribution in [3.05, 3.63) is 0 Å². The van der Waals surface area contributed by atoms with E-state index in [1.54, 1.807) is 7.11 Å². The van der Waals surface area contributed by atoms with Crippen LogP contribution >= 0.6 is 0 Å². The van der Waals surface area contributed by atoms with Gasteiger partial charge in [-0.25, -0.2) is 0 Å². The van der Waals surface area contributed by atoms with Gasteiger partial charge in [-0.15, -0.1) is 0 Å². The van der Waals surface area contributed by atoms with Gasteiger partial charge in [-0.3, -0.25) is 0 Å². The average molecular weight is 165 g/mol. The predicted octanol–water partition coefficient (Wildman–Crippen LogP) is 2.49. The van der Waals surface area contributed by atoms with E-state index in [1.807, 2.05) is 14.1 Å². The zero-order valence-electron chi connectivity index (χ0n) is 6.14. The number of methoxy groups -OCH3 is 1. The molecule has 0 amide bonds. The van der Waals surface area contributed by atoms with Crippen molar-refractivity contribution >= 4 is 0 Å². The molecule has 2 nitrogen and oxygen atoms in total. The van der Waals surface area contributed by atoms with Crippen molar-refractivity contribution < 1.29 is 4.74 Å². The fourth-order valence-electron chi connectivity index (χ4n) is 0.589. The lowest BCUT2D eigenvalue weighted by atomic mass is 10.4. The highest BCUT2D eigenvalue weighted by Gasteiger charge is 1.98. The molecule has 11 heavy (non-hydrogen) atoms. The molecule has 0 heterocycles. The SMILES string of the molecule is C.C.C.COC(C)CN(C)C. The van der Waals surface area contributed by atoms with E-state index < -0.39 is 0 Å². The summed E-state index contributed by atoms with van der Waals surface area (Å²) < 4.78 is 5.02. The topological polar surface area (TPSA) is 12.5 Å². The lowest BCUT2D eigenvalue weighted by Crippen LogP contribution is -2.24. The molecule has 0 aliphatic heterocycles. The van der Waals surface area contributed by atoms with Crippen molar-refractivity contribution in [3.8, 4) is 0 Å². The summed E-state index contributed by atoms with van der Waals surface area (Å²) in [7, 11) is 5.80. The molecule has 0 fully saturated rings. The summed E-state index contributed by atoms with van der Waals surface area (Å²) in [5, 5.41) is 0. The molecule has 2 heteroatoms. The molecule has 1 unspecified atom stereocenters. The number of rotatable bonds is 3. The monoisotopic (exact) mass is 165 g/mol. The lowest BCUT2D eigenvalue weighted by Gasteiger charge is -2.14. The van der Waals surface area contributed by atoms with Crippen LogP contribution in [-0.4, -0.2) is 38.8 Å². The molecule has 0 aromatic rings. The van der Waals surface area contributed by atoms with E-state index in [4.69, 9.17) is 4.74 Å². The first-order valence-electron chi connectivity index (χ1n) is 2.84.